The van der Waals surface area contributed by atoms with Crippen molar-refractivity contribution in [3.8, 4) is 5.75 Å². The second kappa shape index (κ2) is 10.2. The van der Waals surface area contributed by atoms with Crippen LogP contribution >= 0.6 is 12.2 Å². The van der Waals surface area contributed by atoms with Gasteiger partial charge in [0.25, 0.3) is 10.0 Å². The van der Waals surface area contributed by atoms with Crippen molar-refractivity contribution in [2.24, 2.45) is 0 Å². The number of carbonyl (C=O) groups excluding carboxylic acids is 1. The Hall–Kier alpha value is -2.65. The van der Waals surface area contributed by atoms with E-state index in [-0.39, 0.29) is 34.1 Å². The molecule has 29 heavy (non-hydrogen) atoms. The van der Waals surface area contributed by atoms with E-state index in [4.69, 9.17) is 17.0 Å². The van der Waals surface area contributed by atoms with Crippen LogP contribution in [0, 0.1) is 0 Å². The summed E-state index contributed by atoms with van der Waals surface area (Å²) in [5.74, 6) is 0.0818. The summed E-state index contributed by atoms with van der Waals surface area (Å²) in [6.45, 7) is 1.92. The van der Waals surface area contributed by atoms with Crippen LogP contribution in [0.1, 0.15) is 30.5 Å². The maximum Gasteiger partial charge on any atom is 0.267 e. The zero-order valence-electron chi connectivity index (χ0n) is 16.6. The standard InChI is InChI=1S/C20H25N3O4S2/c1-14(16-7-5-4-6-8-16)22-19(24)12-10-15-9-11-17(27-3)18(13-15)29(25,26)23-20(28)21-2/h4-9,11,13-14H,10,12H2,1-3H3,(H,22,24)(H2,21,23,28)/t14-/m1/s1. The summed E-state index contributed by atoms with van der Waals surface area (Å²) in [4.78, 5) is 12.3. The minimum atomic E-state index is -3.91. The van der Waals surface area contributed by atoms with Crippen LogP contribution in [0.2, 0.25) is 0 Å². The van der Waals surface area contributed by atoms with Gasteiger partial charge in [0.1, 0.15) is 10.6 Å². The molecule has 0 aliphatic rings. The number of nitrogens with one attached hydrogen (secondary N) is 3. The fourth-order valence-corrected chi connectivity index (χ4v) is 4.22. The van der Waals surface area contributed by atoms with Gasteiger partial charge in [-0.1, -0.05) is 36.4 Å². The molecule has 2 aromatic carbocycles. The zero-order valence-corrected chi connectivity index (χ0v) is 18.2. The molecule has 0 aromatic heterocycles. The van der Waals surface area contributed by atoms with Gasteiger partial charge in [0.05, 0.1) is 13.2 Å². The number of carbonyl (C=O) groups is 1. The predicted molar refractivity (Wildman–Crippen MR) is 116 cm³/mol. The lowest BCUT2D eigenvalue weighted by Crippen LogP contribution is -2.37. The smallest absolute Gasteiger partial charge is 0.267 e. The third-order valence-corrected chi connectivity index (χ3v) is 6.10. The van der Waals surface area contributed by atoms with Crippen LogP contribution in [0.4, 0.5) is 0 Å². The molecule has 0 aliphatic carbocycles. The molecule has 0 bridgehead atoms. The van der Waals surface area contributed by atoms with Crippen molar-refractivity contribution in [3.05, 3.63) is 59.7 Å². The van der Waals surface area contributed by atoms with Crippen LogP contribution in [0.3, 0.4) is 0 Å². The number of ether oxygens (including phenoxy) is 1. The molecule has 1 amide bonds. The minimum Gasteiger partial charge on any atom is -0.495 e. The zero-order chi connectivity index (χ0) is 21.4. The van der Waals surface area contributed by atoms with Crippen molar-refractivity contribution < 1.29 is 17.9 Å². The Kier molecular flexibility index (Phi) is 7.98. The van der Waals surface area contributed by atoms with Gasteiger partial charge in [-0.2, -0.15) is 0 Å². The summed E-state index contributed by atoms with van der Waals surface area (Å²) in [5, 5.41) is 5.49. The number of sulfonamides is 1. The van der Waals surface area contributed by atoms with E-state index in [1.54, 1.807) is 12.1 Å². The lowest BCUT2D eigenvalue weighted by Gasteiger charge is -2.15. The first-order valence-electron chi connectivity index (χ1n) is 9.02. The lowest BCUT2D eigenvalue weighted by molar-refractivity contribution is -0.121. The highest BCUT2D eigenvalue weighted by atomic mass is 32.2. The van der Waals surface area contributed by atoms with E-state index in [9.17, 15) is 13.2 Å². The molecule has 7 nitrogen and oxygen atoms in total. The summed E-state index contributed by atoms with van der Waals surface area (Å²) in [5.41, 5.74) is 1.72. The van der Waals surface area contributed by atoms with Crippen molar-refractivity contribution in [1.82, 2.24) is 15.4 Å². The third kappa shape index (κ3) is 6.43. The second-order valence-corrected chi connectivity index (χ2v) is 8.43. The summed E-state index contributed by atoms with van der Waals surface area (Å²) in [6, 6.07) is 14.4. The monoisotopic (exact) mass is 435 g/mol. The highest BCUT2D eigenvalue weighted by Gasteiger charge is 2.21. The van der Waals surface area contributed by atoms with Crippen LogP contribution in [-0.4, -0.2) is 33.6 Å². The number of amides is 1. The second-order valence-electron chi connectivity index (χ2n) is 6.37. The largest absolute Gasteiger partial charge is 0.495 e. The predicted octanol–water partition coefficient (Wildman–Crippen LogP) is 2.29. The van der Waals surface area contributed by atoms with E-state index < -0.39 is 10.0 Å². The van der Waals surface area contributed by atoms with Crippen LogP contribution in [-0.2, 0) is 21.2 Å². The number of aryl methyl sites for hydroxylation is 1. The number of rotatable bonds is 8. The van der Waals surface area contributed by atoms with Gasteiger partial charge in [-0.05, 0) is 48.8 Å². The first-order chi connectivity index (χ1) is 13.8. The Morgan fingerprint density at radius 1 is 1.17 bits per heavy atom. The Morgan fingerprint density at radius 3 is 2.48 bits per heavy atom. The number of hydrogen-bond acceptors (Lipinski definition) is 5. The first kappa shape index (κ1) is 22.6. The molecular weight excluding hydrogens is 410 g/mol. The van der Waals surface area contributed by atoms with Crippen LogP contribution in [0.25, 0.3) is 0 Å². The fourth-order valence-electron chi connectivity index (χ4n) is 2.71. The molecule has 9 heteroatoms. The summed E-state index contributed by atoms with van der Waals surface area (Å²) < 4.78 is 32.6. The van der Waals surface area contributed by atoms with Crippen molar-refractivity contribution in [1.29, 1.82) is 0 Å². The van der Waals surface area contributed by atoms with Crippen LogP contribution < -0.4 is 20.1 Å². The van der Waals surface area contributed by atoms with Crippen LogP contribution in [0.5, 0.6) is 5.75 Å². The first-order valence-corrected chi connectivity index (χ1v) is 10.9. The Labute approximate surface area is 176 Å². The lowest BCUT2D eigenvalue weighted by atomic mass is 10.1. The van der Waals surface area contributed by atoms with Gasteiger partial charge < -0.3 is 15.4 Å². The molecular formula is C20H25N3O4S2. The Bertz CT molecular complexity index is 963. The van der Waals surface area contributed by atoms with Crippen molar-refractivity contribution in [2.45, 2.75) is 30.7 Å². The quantitative estimate of drug-likeness (QED) is 0.551. The van der Waals surface area contributed by atoms with Gasteiger partial charge in [0, 0.05) is 13.5 Å². The third-order valence-electron chi connectivity index (χ3n) is 4.29. The van der Waals surface area contributed by atoms with Gasteiger partial charge in [0.15, 0.2) is 5.11 Å². The molecule has 0 radical (unpaired) electrons. The van der Waals surface area contributed by atoms with Crippen molar-refractivity contribution in [3.63, 3.8) is 0 Å². The molecule has 156 valence electrons. The number of hydrogen-bond donors (Lipinski definition) is 3. The Balaban J connectivity index is 2.07. The molecule has 0 saturated heterocycles. The van der Waals surface area contributed by atoms with Gasteiger partial charge >= 0.3 is 0 Å². The number of thiocarbonyl (C=S) groups is 1. The molecule has 0 unspecified atom stereocenters. The van der Waals surface area contributed by atoms with E-state index in [0.29, 0.717) is 12.0 Å². The molecule has 2 aromatic rings. The molecule has 0 saturated carbocycles. The summed E-state index contributed by atoms with van der Waals surface area (Å²) >= 11 is 4.89. The molecule has 0 fully saturated rings. The van der Waals surface area contributed by atoms with E-state index in [1.165, 1.54) is 20.2 Å². The SMILES string of the molecule is CNC(=S)NS(=O)(=O)c1cc(CCC(=O)N[C@H](C)c2ccccc2)ccc1OC. The fraction of sp³-hybridized carbons (Fsp3) is 0.300. The normalized spacial score (nSPS) is 12.0. The van der Waals surface area contributed by atoms with Gasteiger partial charge in [-0.15, -0.1) is 0 Å². The van der Waals surface area contributed by atoms with Gasteiger partial charge in [0.2, 0.25) is 5.91 Å². The number of benzene rings is 2. The molecule has 2 rings (SSSR count). The van der Waals surface area contributed by atoms with Crippen molar-refractivity contribution in [2.75, 3.05) is 14.2 Å². The average Bonchev–Trinajstić information content (AvgIpc) is 2.72. The molecule has 0 spiro atoms. The van der Waals surface area contributed by atoms with E-state index in [2.05, 4.69) is 15.4 Å². The summed E-state index contributed by atoms with van der Waals surface area (Å²) in [6.07, 6.45) is 0.613. The van der Waals surface area contributed by atoms with E-state index in [1.807, 2.05) is 37.3 Å². The molecule has 3 N–H and O–H groups in total. The maximum atomic E-state index is 12.6. The van der Waals surface area contributed by atoms with Gasteiger partial charge in [-0.3, -0.25) is 9.52 Å². The van der Waals surface area contributed by atoms with Crippen molar-refractivity contribution >= 4 is 33.3 Å². The number of methoxy groups -OCH3 is 1. The maximum absolute atomic E-state index is 12.6. The highest BCUT2D eigenvalue weighted by molar-refractivity contribution is 7.92. The molecule has 0 heterocycles. The highest BCUT2D eigenvalue weighted by Crippen LogP contribution is 2.25. The topological polar surface area (TPSA) is 96.5 Å². The average molecular weight is 436 g/mol. The van der Waals surface area contributed by atoms with Gasteiger partial charge in [-0.25, -0.2) is 8.42 Å². The van der Waals surface area contributed by atoms with Crippen LogP contribution in [0.15, 0.2) is 53.4 Å². The summed E-state index contributed by atoms with van der Waals surface area (Å²) in [7, 11) is -0.997. The Morgan fingerprint density at radius 2 is 1.86 bits per heavy atom. The molecule has 0 aliphatic heterocycles. The molecule has 1 atom stereocenters. The van der Waals surface area contributed by atoms with E-state index in [0.717, 1.165) is 5.56 Å². The minimum absolute atomic E-state index is 0.0215. The van der Waals surface area contributed by atoms with E-state index >= 15 is 0 Å².